The molecule has 1 aliphatic rings. The fourth-order valence-electron chi connectivity index (χ4n) is 3.23. The molecule has 0 radical (unpaired) electrons. The fraction of sp³-hybridized carbons (Fsp3) is 0.100. The van der Waals surface area contributed by atoms with E-state index < -0.39 is 5.91 Å². The maximum absolute atomic E-state index is 13.0. The summed E-state index contributed by atoms with van der Waals surface area (Å²) in [7, 11) is 0. The van der Waals surface area contributed by atoms with Crippen molar-refractivity contribution < 1.29 is 14.4 Å². The van der Waals surface area contributed by atoms with E-state index in [1.165, 1.54) is 6.92 Å². The summed E-state index contributed by atoms with van der Waals surface area (Å²) in [5, 5.41) is 0.659. The van der Waals surface area contributed by atoms with Gasteiger partial charge in [0.1, 0.15) is 0 Å². The van der Waals surface area contributed by atoms with E-state index in [0.717, 1.165) is 4.90 Å². The first-order valence-electron chi connectivity index (χ1n) is 7.88. The van der Waals surface area contributed by atoms with Gasteiger partial charge in [-0.05, 0) is 32.0 Å². The number of ketones is 1. The van der Waals surface area contributed by atoms with Gasteiger partial charge in [0.25, 0.3) is 11.8 Å². The Bertz CT molecular complexity index is 1090. The molecule has 0 saturated heterocycles. The lowest BCUT2D eigenvalue weighted by Crippen LogP contribution is -2.29. The van der Waals surface area contributed by atoms with Gasteiger partial charge in [0.05, 0.1) is 28.0 Å². The number of aromatic nitrogens is 1. The molecule has 1 aliphatic heterocycles. The second-order valence-corrected chi connectivity index (χ2v) is 6.02. The van der Waals surface area contributed by atoms with Gasteiger partial charge in [-0.2, -0.15) is 0 Å². The number of nitrogens with zero attached hydrogens (tertiary/aromatic N) is 2. The Kier molecular flexibility index (Phi) is 3.25. The molecule has 0 unspecified atom stereocenters. The van der Waals surface area contributed by atoms with Crippen molar-refractivity contribution in [2.45, 2.75) is 13.8 Å². The number of carbonyl (C=O) groups is 3. The predicted molar refractivity (Wildman–Crippen MR) is 94.1 cm³/mol. The quantitative estimate of drug-likeness (QED) is 0.532. The van der Waals surface area contributed by atoms with Gasteiger partial charge in [0, 0.05) is 10.9 Å². The molecule has 0 bridgehead atoms. The molecule has 0 saturated carbocycles. The molecule has 25 heavy (non-hydrogen) atoms. The third-order valence-electron chi connectivity index (χ3n) is 4.42. The lowest BCUT2D eigenvalue weighted by atomic mass is 10.0. The van der Waals surface area contributed by atoms with Gasteiger partial charge in [-0.15, -0.1) is 0 Å². The average Bonchev–Trinajstić information content (AvgIpc) is 2.87. The van der Waals surface area contributed by atoms with E-state index in [9.17, 15) is 14.4 Å². The van der Waals surface area contributed by atoms with Crippen LogP contribution in [-0.2, 0) is 0 Å². The number of Topliss-reactive ketones (excluding diaryl/α,β-unsaturated/α-hetero) is 1. The van der Waals surface area contributed by atoms with E-state index >= 15 is 0 Å². The number of para-hydroxylation sites is 1. The minimum absolute atomic E-state index is 0.123. The van der Waals surface area contributed by atoms with Crippen LogP contribution in [0.5, 0.6) is 0 Å². The third kappa shape index (κ3) is 2.16. The van der Waals surface area contributed by atoms with Crippen LogP contribution in [-0.4, -0.2) is 22.6 Å². The number of benzene rings is 2. The summed E-state index contributed by atoms with van der Waals surface area (Å²) in [5.74, 6) is -0.916. The molecule has 0 atom stereocenters. The van der Waals surface area contributed by atoms with Crippen LogP contribution in [0, 0.1) is 6.92 Å². The van der Waals surface area contributed by atoms with Gasteiger partial charge in [-0.1, -0.05) is 30.3 Å². The molecule has 3 aromatic rings. The zero-order chi connectivity index (χ0) is 17.7. The highest BCUT2D eigenvalue weighted by Gasteiger charge is 2.40. The van der Waals surface area contributed by atoms with Gasteiger partial charge in [0.2, 0.25) is 0 Å². The van der Waals surface area contributed by atoms with Crippen LogP contribution < -0.4 is 4.90 Å². The average molecular weight is 330 g/mol. The highest BCUT2D eigenvalue weighted by atomic mass is 16.2. The van der Waals surface area contributed by atoms with Crippen molar-refractivity contribution in [3.63, 3.8) is 0 Å². The maximum Gasteiger partial charge on any atom is 0.268 e. The molecule has 0 aliphatic carbocycles. The second-order valence-electron chi connectivity index (χ2n) is 6.02. The van der Waals surface area contributed by atoms with Gasteiger partial charge >= 0.3 is 0 Å². The van der Waals surface area contributed by atoms with Gasteiger partial charge in [-0.25, -0.2) is 4.90 Å². The number of rotatable bonds is 2. The van der Waals surface area contributed by atoms with Crippen molar-refractivity contribution in [1.82, 2.24) is 4.98 Å². The van der Waals surface area contributed by atoms with Crippen molar-refractivity contribution >= 4 is 34.2 Å². The molecule has 2 amide bonds. The minimum atomic E-state index is -0.406. The molecule has 0 N–H and O–H groups in total. The molecular weight excluding hydrogens is 316 g/mol. The monoisotopic (exact) mass is 330 g/mol. The zero-order valence-corrected chi connectivity index (χ0v) is 13.7. The smallest absolute Gasteiger partial charge is 0.268 e. The minimum Gasteiger partial charge on any atom is -0.295 e. The Morgan fingerprint density at radius 2 is 1.68 bits per heavy atom. The molecule has 5 nitrogen and oxygen atoms in total. The van der Waals surface area contributed by atoms with Crippen molar-refractivity contribution in [2.75, 3.05) is 4.90 Å². The molecule has 0 spiro atoms. The number of amides is 2. The highest BCUT2D eigenvalue weighted by molar-refractivity contribution is 6.37. The largest absolute Gasteiger partial charge is 0.295 e. The summed E-state index contributed by atoms with van der Waals surface area (Å²) >= 11 is 0. The Morgan fingerprint density at radius 3 is 2.44 bits per heavy atom. The van der Waals surface area contributed by atoms with Crippen LogP contribution in [0.4, 0.5) is 5.69 Å². The number of carbonyl (C=O) groups excluding carboxylic acids is 3. The number of aryl methyl sites for hydroxylation is 1. The van der Waals surface area contributed by atoms with E-state index in [-0.39, 0.29) is 11.7 Å². The maximum atomic E-state index is 13.0. The molecule has 1 aromatic heterocycles. The number of fused-ring (bicyclic) bond motifs is 3. The van der Waals surface area contributed by atoms with E-state index in [4.69, 9.17) is 0 Å². The third-order valence-corrected chi connectivity index (χ3v) is 4.42. The molecule has 2 heterocycles. The van der Waals surface area contributed by atoms with Gasteiger partial charge < -0.3 is 0 Å². The lowest BCUT2D eigenvalue weighted by Gasteiger charge is -2.14. The number of hydrogen-bond acceptors (Lipinski definition) is 4. The Labute approximate surface area is 143 Å². The molecule has 2 aromatic carbocycles. The van der Waals surface area contributed by atoms with Gasteiger partial charge in [0.15, 0.2) is 5.78 Å². The van der Waals surface area contributed by atoms with E-state index in [2.05, 4.69) is 4.98 Å². The van der Waals surface area contributed by atoms with Crippen molar-refractivity contribution in [1.29, 1.82) is 0 Å². The summed E-state index contributed by atoms with van der Waals surface area (Å²) in [6, 6.07) is 13.8. The Hall–Kier alpha value is -3.34. The molecule has 122 valence electrons. The van der Waals surface area contributed by atoms with Crippen LogP contribution in [0.1, 0.15) is 43.7 Å². The van der Waals surface area contributed by atoms with E-state index in [1.807, 2.05) is 18.2 Å². The number of anilines is 1. The first-order valence-corrected chi connectivity index (χ1v) is 7.88. The predicted octanol–water partition coefficient (Wildman–Crippen LogP) is 3.55. The number of imide groups is 1. The lowest BCUT2D eigenvalue weighted by molar-refractivity contribution is 0.0924. The second kappa shape index (κ2) is 5.34. The van der Waals surface area contributed by atoms with Crippen molar-refractivity contribution in [2.24, 2.45) is 0 Å². The van der Waals surface area contributed by atoms with Crippen LogP contribution in [0.25, 0.3) is 10.9 Å². The van der Waals surface area contributed by atoms with Crippen molar-refractivity contribution in [3.05, 3.63) is 70.9 Å². The van der Waals surface area contributed by atoms with Crippen LogP contribution in [0.2, 0.25) is 0 Å². The van der Waals surface area contributed by atoms with Crippen LogP contribution >= 0.6 is 0 Å². The van der Waals surface area contributed by atoms with E-state index in [1.54, 1.807) is 37.3 Å². The zero-order valence-electron chi connectivity index (χ0n) is 13.7. The topological polar surface area (TPSA) is 67.3 Å². The summed E-state index contributed by atoms with van der Waals surface area (Å²) < 4.78 is 0. The Morgan fingerprint density at radius 1 is 0.960 bits per heavy atom. The molecule has 4 rings (SSSR count). The molecule has 5 heteroatoms. The summed E-state index contributed by atoms with van der Waals surface area (Å²) in [6.07, 6.45) is 0. The van der Waals surface area contributed by atoms with E-state index in [0.29, 0.717) is 39.0 Å². The first-order chi connectivity index (χ1) is 12.0. The number of pyridine rings is 1. The van der Waals surface area contributed by atoms with Crippen LogP contribution in [0.15, 0.2) is 48.5 Å². The highest BCUT2D eigenvalue weighted by Crippen LogP contribution is 2.34. The molecule has 0 fully saturated rings. The standard InChI is InChI=1S/C20H14N2O3/c1-11-17-18(15-8-3-4-9-16(15)21-11)20(25)22(19(17)24)14-7-5-6-13(10-14)12(2)23/h3-10H,1-2H3. The SMILES string of the molecule is CC(=O)c1cccc(N2C(=O)c3c(C)nc4ccccc4c3C2=O)c1. The first kappa shape index (κ1) is 15.2. The summed E-state index contributed by atoms with van der Waals surface area (Å²) in [6.45, 7) is 3.18. The summed E-state index contributed by atoms with van der Waals surface area (Å²) in [5.41, 5.74) is 2.76. The Balaban J connectivity index is 1.94. The van der Waals surface area contributed by atoms with Crippen LogP contribution in [0.3, 0.4) is 0 Å². The summed E-state index contributed by atoms with van der Waals surface area (Å²) in [4.78, 5) is 43.2. The normalized spacial score (nSPS) is 13.4. The number of hydrogen-bond donors (Lipinski definition) is 0. The molecular formula is C20H14N2O3. The fourth-order valence-corrected chi connectivity index (χ4v) is 3.23. The van der Waals surface area contributed by atoms with Gasteiger partial charge in [-0.3, -0.25) is 19.4 Å². The van der Waals surface area contributed by atoms with Crippen molar-refractivity contribution in [3.8, 4) is 0 Å².